The summed E-state index contributed by atoms with van der Waals surface area (Å²) in [5.41, 5.74) is 16.0. The number of hydrogen-bond donors (Lipinski definition) is 3. The lowest BCUT2D eigenvalue weighted by atomic mass is 9.89. The molecular formula is C35H43N5O2. The molecule has 7 nitrogen and oxygen atoms in total. The number of carbonyl (C=O) groups excluding carboxylic acids is 2. The van der Waals surface area contributed by atoms with Crippen LogP contribution in [0.1, 0.15) is 53.9 Å². The van der Waals surface area contributed by atoms with E-state index in [1.807, 2.05) is 24.3 Å². The number of benzene rings is 3. The van der Waals surface area contributed by atoms with Gasteiger partial charge in [-0.05, 0) is 66.7 Å². The smallest absolute Gasteiger partial charge is 0.225 e. The van der Waals surface area contributed by atoms with Gasteiger partial charge in [-0.15, -0.1) is 0 Å². The molecule has 1 heterocycles. The second-order valence-electron chi connectivity index (χ2n) is 11.8. The fourth-order valence-electron chi connectivity index (χ4n) is 6.61. The fourth-order valence-corrected chi connectivity index (χ4v) is 6.61. The molecule has 7 heteroatoms. The lowest BCUT2D eigenvalue weighted by Crippen LogP contribution is -2.38. The summed E-state index contributed by atoms with van der Waals surface area (Å²) in [5, 5.41) is 3.26. The standard InChI is InChI=1S/C35H43N5O2/c36-35(37)38-18-9-16-30-20-25(23-39-33(41)31-21-28-14-7-8-15-29(28)22-31)17-19-40(34(30)42)24-32(26-10-3-1-4-11-26)27-12-5-2-6-13-27/h1-8,10-15,25,30-32H,9,16-24H2,(H,39,41)(H4,36,37,38)/t25?,30-/m1/s1. The highest BCUT2D eigenvalue weighted by atomic mass is 16.2. The molecule has 220 valence electrons. The number of nitrogens with zero attached hydrogens (tertiary/aromatic N) is 2. The number of guanidine groups is 1. The van der Waals surface area contributed by atoms with Gasteiger partial charge >= 0.3 is 0 Å². The number of hydrogen-bond acceptors (Lipinski definition) is 3. The van der Waals surface area contributed by atoms with Gasteiger partial charge in [0.25, 0.3) is 0 Å². The maximum absolute atomic E-state index is 14.0. The van der Waals surface area contributed by atoms with E-state index in [2.05, 4.69) is 75.9 Å². The first kappa shape index (κ1) is 29.4. The molecule has 1 aliphatic carbocycles. The van der Waals surface area contributed by atoms with E-state index in [4.69, 9.17) is 11.5 Å². The van der Waals surface area contributed by atoms with Crippen LogP contribution in [-0.2, 0) is 22.4 Å². The van der Waals surface area contributed by atoms with Crippen LogP contribution in [0.25, 0.3) is 0 Å². The van der Waals surface area contributed by atoms with Crippen molar-refractivity contribution in [3.8, 4) is 0 Å². The third-order valence-corrected chi connectivity index (χ3v) is 8.88. The molecule has 0 spiro atoms. The van der Waals surface area contributed by atoms with Crippen molar-refractivity contribution in [1.29, 1.82) is 0 Å². The molecule has 3 aromatic rings. The molecule has 5 rings (SSSR count). The van der Waals surface area contributed by atoms with Crippen LogP contribution in [0.4, 0.5) is 0 Å². The Balaban J connectivity index is 1.28. The van der Waals surface area contributed by atoms with Crippen molar-refractivity contribution in [3.63, 3.8) is 0 Å². The molecule has 1 aliphatic heterocycles. The van der Waals surface area contributed by atoms with E-state index in [1.165, 1.54) is 22.3 Å². The van der Waals surface area contributed by atoms with Crippen molar-refractivity contribution < 1.29 is 9.59 Å². The highest BCUT2D eigenvalue weighted by Crippen LogP contribution is 2.32. The Hall–Kier alpha value is -4.13. The number of fused-ring (bicyclic) bond motifs is 1. The minimum atomic E-state index is -0.133. The lowest BCUT2D eigenvalue weighted by molar-refractivity contribution is -0.135. The molecule has 0 aromatic heterocycles. The summed E-state index contributed by atoms with van der Waals surface area (Å²) in [6, 6.07) is 29.2. The average molecular weight is 566 g/mol. The average Bonchev–Trinajstić information content (AvgIpc) is 3.39. The fraction of sp³-hybridized carbons (Fsp3) is 0.400. The van der Waals surface area contributed by atoms with Gasteiger partial charge in [0.05, 0.1) is 0 Å². The Labute approximate surface area is 249 Å². The Morgan fingerprint density at radius 2 is 1.50 bits per heavy atom. The van der Waals surface area contributed by atoms with Crippen molar-refractivity contribution in [3.05, 3.63) is 107 Å². The summed E-state index contributed by atoms with van der Waals surface area (Å²) in [7, 11) is 0. The molecule has 3 aromatic carbocycles. The van der Waals surface area contributed by atoms with Gasteiger partial charge in [0.2, 0.25) is 11.8 Å². The molecular weight excluding hydrogens is 522 g/mol. The molecule has 0 bridgehead atoms. The van der Waals surface area contributed by atoms with Gasteiger partial charge in [-0.2, -0.15) is 0 Å². The number of rotatable bonds is 11. The molecule has 0 radical (unpaired) electrons. The zero-order chi connectivity index (χ0) is 29.3. The van der Waals surface area contributed by atoms with E-state index in [1.54, 1.807) is 0 Å². The summed E-state index contributed by atoms with van der Waals surface area (Å²) in [5.74, 6) is 0.552. The van der Waals surface area contributed by atoms with E-state index < -0.39 is 0 Å². The van der Waals surface area contributed by atoms with Crippen LogP contribution in [0.15, 0.2) is 89.9 Å². The van der Waals surface area contributed by atoms with Gasteiger partial charge < -0.3 is 21.7 Å². The second-order valence-corrected chi connectivity index (χ2v) is 11.8. The minimum absolute atomic E-state index is 0.0146. The molecule has 1 unspecified atom stereocenters. The Morgan fingerprint density at radius 1 is 0.905 bits per heavy atom. The zero-order valence-electron chi connectivity index (χ0n) is 24.3. The Bertz CT molecular complexity index is 1290. The van der Waals surface area contributed by atoms with Gasteiger partial charge in [0.1, 0.15) is 0 Å². The SMILES string of the molecule is NC(N)=NCCC[C@@H]1CC(CNC(=O)C2Cc3ccccc3C2)CCN(CC(c2ccccc2)c2ccccc2)C1=O. The predicted molar refractivity (Wildman–Crippen MR) is 168 cm³/mol. The first-order valence-corrected chi connectivity index (χ1v) is 15.3. The number of aliphatic imine (C=N–C) groups is 1. The highest BCUT2D eigenvalue weighted by Gasteiger charge is 2.34. The number of nitrogens with two attached hydrogens (primary N) is 2. The van der Waals surface area contributed by atoms with Gasteiger partial charge in [-0.3, -0.25) is 14.6 Å². The van der Waals surface area contributed by atoms with Gasteiger partial charge in [-0.25, -0.2) is 0 Å². The van der Waals surface area contributed by atoms with E-state index in [-0.39, 0.29) is 41.4 Å². The summed E-state index contributed by atoms with van der Waals surface area (Å²) >= 11 is 0. The second kappa shape index (κ2) is 14.2. The van der Waals surface area contributed by atoms with Gasteiger partial charge in [-0.1, -0.05) is 84.9 Å². The summed E-state index contributed by atoms with van der Waals surface area (Å²) in [6.07, 6.45) is 4.67. The number of amides is 2. The molecule has 0 saturated carbocycles. The van der Waals surface area contributed by atoms with E-state index in [0.717, 1.165) is 38.5 Å². The topological polar surface area (TPSA) is 114 Å². The largest absolute Gasteiger partial charge is 0.370 e. The van der Waals surface area contributed by atoms with Crippen LogP contribution in [-0.4, -0.2) is 48.9 Å². The highest BCUT2D eigenvalue weighted by molar-refractivity contribution is 5.81. The van der Waals surface area contributed by atoms with Gasteiger partial charge in [0.15, 0.2) is 5.96 Å². The maximum Gasteiger partial charge on any atom is 0.225 e. The molecule has 1 saturated heterocycles. The Kier molecular flexibility index (Phi) is 9.90. The van der Waals surface area contributed by atoms with Crippen molar-refractivity contribution in [2.75, 3.05) is 26.2 Å². The van der Waals surface area contributed by atoms with Crippen LogP contribution in [0.2, 0.25) is 0 Å². The molecule has 2 atom stereocenters. The monoisotopic (exact) mass is 565 g/mol. The predicted octanol–water partition coefficient (Wildman–Crippen LogP) is 4.26. The molecule has 42 heavy (non-hydrogen) atoms. The third-order valence-electron chi connectivity index (χ3n) is 8.88. The summed E-state index contributed by atoms with van der Waals surface area (Å²) in [6.45, 7) is 2.40. The van der Waals surface area contributed by atoms with Crippen LogP contribution in [0.5, 0.6) is 0 Å². The number of nitrogens with one attached hydrogen (secondary N) is 1. The van der Waals surface area contributed by atoms with E-state index in [9.17, 15) is 9.59 Å². The van der Waals surface area contributed by atoms with Crippen molar-refractivity contribution >= 4 is 17.8 Å². The molecule has 2 aliphatic rings. The van der Waals surface area contributed by atoms with Crippen molar-refractivity contribution in [2.24, 2.45) is 34.2 Å². The zero-order valence-corrected chi connectivity index (χ0v) is 24.3. The molecule has 1 fully saturated rings. The van der Waals surface area contributed by atoms with Crippen molar-refractivity contribution in [1.82, 2.24) is 10.2 Å². The minimum Gasteiger partial charge on any atom is -0.370 e. The summed E-state index contributed by atoms with van der Waals surface area (Å²) < 4.78 is 0. The third kappa shape index (κ3) is 7.58. The maximum atomic E-state index is 14.0. The van der Waals surface area contributed by atoms with Crippen molar-refractivity contribution in [2.45, 2.75) is 44.4 Å². The molecule has 5 N–H and O–H groups in total. The van der Waals surface area contributed by atoms with Crippen LogP contribution in [0, 0.1) is 17.8 Å². The first-order chi connectivity index (χ1) is 20.5. The summed E-state index contributed by atoms with van der Waals surface area (Å²) in [4.78, 5) is 33.4. The van der Waals surface area contributed by atoms with Gasteiger partial charge in [0, 0.05) is 43.9 Å². The number of carbonyl (C=O) groups is 2. The van der Waals surface area contributed by atoms with E-state index in [0.29, 0.717) is 26.2 Å². The quantitative estimate of drug-likeness (QED) is 0.183. The van der Waals surface area contributed by atoms with Crippen LogP contribution in [0.3, 0.4) is 0 Å². The normalized spacial score (nSPS) is 18.9. The lowest BCUT2D eigenvalue weighted by Gasteiger charge is -2.29. The number of likely N-dealkylation sites (tertiary alicyclic amines) is 1. The molecule has 2 amide bonds. The van der Waals surface area contributed by atoms with E-state index >= 15 is 0 Å². The Morgan fingerprint density at radius 3 is 2.10 bits per heavy atom. The first-order valence-electron chi connectivity index (χ1n) is 15.3. The van der Waals surface area contributed by atoms with Crippen LogP contribution < -0.4 is 16.8 Å². The van der Waals surface area contributed by atoms with Crippen LogP contribution >= 0.6 is 0 Å².